The van der Waals surface area contributed by atoms with E-state index in [1.165, 1.54) is 5.56 Å². The summed E-state index contributed by atoms with van der Waals surface area (Å²) in [5, 5.41) is 0. The number of rotatable bonds is 2. The van der Waals surface area contributed by atoms with Crippen molar-refractivity contribution in [2.75, 3.05) is 0 Å². The van der Waals surface area contributed by atoms with Gasteiger partial charge in [0.15, 0.2) is 0 Å². The van der Waals surface area contributed by atoms with Gasteiger partial charge in [0.1, 0.15) is 0 Å². The fourth-order valence-electron chi connectivity index (χ4n) is 0.881. The van der Waals surface area contributed by atoms with Crippen molar-refractivity contribution >= 4 is 6.08 Å². The minimum atomic E-state index is 0.603. The van der Waals surface area contributed by atoms with E-state index in [9.17, 15) is 0 Å². The third-order valence-corrected chi connectivity index (χ3v) is 1.61. The summed E-state index contributed by atoms with van der Waals surface area (Å²) >= 11 is 0. The molecule has 0 aliphatic rings. The Morgan fingerprint density at radius 2 is 2.08 bits per heavy atom. The number of allylic oxidation sites excluding steroid dienone is 1. The van der Waals surface area contributed by atoms with Crippen molar-refractivity contribution in [3.8, 4) is 0 Å². The van der Waals surface area contributed by atoms with Crippen LogP contribution in [0, 0.1) is 12.8 Å². The van der Waals surface area contributed by atoms with Crippen molar-refractivity contribution in [3.63, 3.8) is 0 Å². The quantitative estimate of drug-likeness (QED) is 0.649. The second-order valence-corrected chi connectivity index (χ2v) is 3.34. The Morgan fingerprint density at radius 3 is 2.58 bits per heavy atom. The molecule has 1 heteroatoms. The highest BCUT2D eigenvalue weighted by Gasteiger charge is 1.88. The summed E-state index contributed by atoms with van der Waals surface area (Å²) in [6.45, 7) is 6.33. The Labute approximate surface area is 74.2 Å². The maximum atomic E-state index is 4.21. The Kier molecular flexibility index (Phi) is 3.03. The highest BCUT2D eigenvalue weighted by molar-refractivity contribution is 5.47. The molecule has 0 fully saturated rings. The zero-order valence-electron chi connectivity index (χ0n) is 7.91. The Bertz CT molecular complexity index is 257. The summed E-state index contributed by atoms with van der Waals surface area (Å²) in [6.07, 6.45) is 6.18. The number of pyridine rings is 1. The van der Waals surface area contributed by atoms with Gasteiger partial charge in [0, 0.05) is 11.9 Å². The first-order valence-electron chi connectivity index (χ1n) is 4.29. The SMILES string of the molecule is Cc1ccc(C=CC(C)C)cn1. The maximum absolute atomic E-state index is 4.21. The van der Waals surface area contributed by atoms with Crippen LogP contribution >= 0.6 is 0 Å². The van der Waals surface area contributed by atoms with Crippen molar-refractivity contribution in [2.24, 2.45) is 5.92 Å². The largest absolute Gasteiger partial charge is 0.261 e. The van der Waals surface area contributed by atoms with Crippen LogP contribution in [0.15, 0.2) is 24.4 Å². The van der Waals surface area contributed by atoms with Crippen molar-refractivity contribution in [1.29, 1.82) is 0 Å². The van der Waals surface area contributed by atoms with E-state index in [-0.39, 0.29) is 0 Å². The highest BCUT2D eigenvalue weighted by Crippen LogP contribution is 2.04. The first-order chi connectivity index (χ1) is 5.68. The first kappa shape index (κ1) is 8.98. The third-order valence-electron chi connectivity index (χ3n) is 1.61. The number of aryl methyl sites for hydroxylation is 1. The second kappa shape index (κ2) is 4.05. The molecule has 0 spiro atoms. The summed E-state index contributed by atoms with van der Waals surface area (Å²) in [5.74, 6) is 0.603. The molecule has 1 aromatic heterocycles. The molecule has 1 heterocycles. The normalized spacial score (nSPS) is 11.3. The van der Waals surface area contributed by atoms with Gasteiger partial charge >= 0.3 is 0 Å². The lowest BCUT2D eigenvalue weighted by Crippen LogP contribution is -1.81. The predicted octanol–water partition coefficient (Wildman–Crippen LogP) is 3.06. The molecule has 0 N–H and O–H groups in total. The smallest absolute Gasteiger partial charge is 0.0373 e. The fraction of sp³-hybridized carbons (Fsp3) is 0.364. The van der Waals surface area contributed by atoms with Crippen molar-refractivity contribution in [1.82, 2.24) is 4.98 Å². The molecule has 64 valence electrons. The lowest BCUT2D eigenvalue weighted by molar-refractivity contribution is 0.836. The van der Waals surface area contributed by atoms with Gasteiger partial charge in [-0.3, -0.25) is 4.98 Å². The molecule has 12 heavy (non-hydrogen) atoms. The van der Waals surface area contributed by atoms with Crippen LogP contribution in [0.25, 0.3) is 6.08 Å². The maximum Gasteiger partial charge on any atom is 0.0373 e. The molecule has 0 saturated carbocycles. The average molecular weight is 161 g/mol. The molecule has 0 bridgehead atoms. The zero-order valence-corrected chi connectivity index (χ0v) is 7.91. The molecular weight excluding hydrogens is 146 g/mol. The van der Waals surface area contributed by atoms with Crippen LogP contribution in [-0.2, 0) is 0 Å². The molecule has 0 atom stereocenters. The van der Waals surface area contributed by atoms with E-state index in [4.69, 9.17) is 0 Å². The molecule has 1 rings (SSSR count). The minimum absolute atomic E-state index is 0.603. The molecule has 0 aliphatic carbocycles. The molecule has 0 aliphatic heterocycles. The third kappa shape index (κ3) is 2.87. The topological polar surface area (TPSA) is 12.9 Å². The Hall–Kier alpha value is -1.11. The van der Waals surface area contributed by atoms with Crippen LogP contribution in [0.5, 0.6) is 0 Å². The monoisotopic (exact) mass is 161 g/mol. The van der Waals surface area contributed by atoms with Crippen molar-refractivity contribution < 1.29 is 0 Å². The molecule has 0 unspecified atom stereocenters. The van der Waals surface area contributed by atoms with Crippen molar-refractivity contribution in [3.05, 3.63) is 35.7 Å². The van der Waals surface area contributed by atoms with Gasteiger partial charge in [-0.05, 0) is 24.5 Å². The molecule has 1 nitrogen and oxygen atoms in total. The zero-order chi connectivity index (χ0) is 8.97. The van der Waals surface area contributed by atoms with Gasteiger partial charge in [-0.2, -0.15) is 0 Å². The standard InChI is InChI=1S/C11H15N/c1-9(2)4-6-11-7-5-10(3)12-8-11/h4-9H,1-3H3. The molecule has 0 saturated heterocycles. The van der Waals surface area contributed by atoms with Gasteiger partial charge in [0.25, 0.3) is 0 Å². The molecule has 0 radical (unpaired) electrons. The molecular formula is C11H15N. The summed E-state index contributed by atoms with van der Waals surface area (Å²) < 4.78 is 0. The van der Waals surface area contributed by atoms with E-state index >= 15 is 0 Å². The molecule has 0 amide bonds. The van der Waals surface area contributed by atoms with E-state index in [0.29, 0.717) is 5.92 Å². The van der Waals surface area contributed by atoms with Gasteiger partial charge in [-0.1, -0.05) is 32.1 Å². The lowest BCUT2D eigenvalue weighted by Gasteiger charge is -1.95. The number of aromatic nitrogens is 1. The van der Waals surface area contributed by atoms with Gasteiger partial charge in [-0.25, -0.2) is 0 Å². The van der Waals surface area contributed by atoms with Gasteiger partial charge < -0.3 is 0 Å². The van der Waals surface area contributed by atoms with E-state index in [1.54, 1.807) is 0 Å². The van der Waals surface area contributed by atoms with E-state index in [1.807, 2.05) is 19.2 Å². The fourth-order valence-corrected chi connectivity index (χ4v) is 0.881. The summed E-state index contributed by atoms with van der Waals surface area (Å²) in [6, 6.07) is 4.11. The summed E-state index contributed by atoms with van der Waals surface area (Å²) in [5.41, 5.74) is 2.24. The Morgan fingerprint density at radius 1 is 1.33 bits per heavy atom. The first-order valence-corrected chi connectivity index (χ1v) is 4.29. The van der Waals surface area contributed by atoms with Gasteiger partial charge in [-0.15, -0.1) is 0 Å². The Balaban J connectivity index is 2.71. The van der Waals surface area contributed by atoms with E-state index in [0.717, 1.165) is 5.69 Å². The van der Waals surface area contributed by atoms with Crippen LogP contribution < -0.4 is 0 Å². The second-order valence-electron chi connectivity index (χ2n) is 3.34. The van der Waals surface area contributed by atoms with Crippen LogP contribution in [-0.4, -0.2) is 4.98 Å². The predicted molar refractivity (Wildman–Crippen MR) is 52.8 cm³/mol. The van der Waals surface area contributed by atoms with E-state index < -0.39 is 0 Å². The van der Waals surface area contributed by atoms with Crippen LogP contribution in [0.2, 0.25) is 0 Å². The van der Waals surface area contributed by atoms with E-state index in [2.05, 4.69) is 37.0 Å². The average Bonchev–Trinajstić information content (AvgIpc) is 2.03. The highest BCUT2D eigenvalue weighted by atomic mass is 14.6. The van der Waals surface area contributed by atoms with Crippen molar-refractivity contribution in [2.45, 2.75) is 20.8 Å². The van der Waals surface area contributed by atoms with Crippen LogP contribution in [0.1, 0.15) is 25.1 Å². The molecule has 1 aromatic rings. The van der Waals surface area contributed by atoms with Gasteiger partial charge in [0.05, 0.1) is 0 Å². The summed E-state index contributed by atoms with van der Waals surface area (Å²) in [4.78, 5) is 4.21. The van der Waals surface area contributed by atoms with Crippen LogP contribution in [0.3, 0.4) is 0 Å². The molecule has 0 aromatic carbocycles. The summed E-state index contributed by atoms with van der Waals surface area (Å²) in [7, 11) is 0. The lowest BCUT2D eigenvalue weighted by atomic mass is 10.1. The number of hydrogen-bond acceptors (Lipinski definition) is 1. The van der Waals surface area contributed by atoms with Gasteiger partial charge in [0.2, 0.25) is 0 Å². The number of nitrogens with zero attached hydrogens (tertiary/aromatic N) is 1. The van der Waals surface area contributed by atoms with Crippen LogP contribution in [0.4, 0.5) is 0 Å². The number of hydrogen-bond donors (Lipinski definition) is 0. The minimum Gasteiger partial charge on any atom is -0.261 e.